The van der Waals surface area contributed by atoms with E-state index >= 15 is 0 Å². The number of anilines is 1. The highest BCUT2D eigenvalue weighted by Crippen LogP contribution is 2.35. The number of thiocarbonyl (C=S) groups is 1. The summed E-state index contributed by atoms with van der Waals surface area (Å²) in [6, 6.07) is 23.2. The van der Waals surface area contributed by atoms with Gasteiger partial charge >= 0.3 is 0 Å². The molecule has 8 nitrogen and oxygen atoms in total. The average molecular weight is 486 g/mol. The monoisotopic (exact) mass is 485 g/mol. The van der Waals surface area contributed by atoms with E-state index in [1.165, 1.54) is 0 Å². The first-order chi connectivity index (χ1) is 17.2. The van der Waals surface area contributed by atoms with Crippen LogP contribution in [0.3, 0.4) is 0 Å². The number of ether oxygens (including phenoxy) is 3. The Balaban J connectivity index is 1.41. The lowest BCUT2D eigenvalue weighted by atomic mass is 10.1. The van der Waals surface area contributed by atoms with Crippen LogP contribution in [0, 0.1) is 0 Å². The van der Waals surface area contributed by atoms with E-state index < -0.39 is 0 Å². The molecule has 0 saturated heterocycles. The van der Waals surface area contributed by atoms with Gasteiger partial charge in [0.2, 0.25) is 0 Å². The molecule has 4 aromatic rings. The Kier molecular flexibility index (Phi) is 6.58. The van der Waals surface area contributed by atoms with Gasteiger partial charge < -0.3 is 19.5 Å². The molecule has 0 aliphatic carbocycles. The third-order valence-corrected chi connectivity index (χ3v) is 5.50. The van der Waals surface area contributed by atoms with Crippen molar-refractivity contribution in [3.8, 4) is 34.2 Å². The smallest absolute Gasteiger partial charge is 0.191 e. The predicted octanol–water partition coefficient (Wildman–Crippen LogP) is 4.64. The molecule has 1 aliphatic heterocycles. The molecule has 35 heavy (non-hydrogen) atoms. The molecule has 0 saturated carbocycles. The summed E-state index contributed by atoms with van der Waals surface area (Å²) in [5.74, 6) is 2.11. The molecule has 1 aliphatic rings. The molecule has 0 radical (unpaired) electrons. The molecule has 0 unspecified atom stereocenters. The van der Waals surface area contributed by atoms with Crippen LogP contribution in [0.4, 0.5) is 5.69 Å². The normalized spacial score (nSPS) is 12.4. The number of methoxy groups -OCH3 is 1. The average Bonchev–Trinajstić information content (AvgIpc) is 3.33. The maximum Gasteiger partial charge on any atom is 0.191 e. The van der Waals surface area contributed by atoms with Crippen molar-refractivity contribution in [2.75, 3.05) is 25.6 Å². The molecule has 3 aromatic carbocycles. The standard InChI is InChI=1S/C26H23N5O3S/c1-32-22-10-6-5-9-21(22)28-26(35)29-27-16-19-17-31(20-7-3-2-4-8-20)30-25(19)18-11-12-23-24(15-18)34-14-13-33-23/h2-12,15-17H,13-14H2,1H3,(H2,28,29,35)/b27-16-. The maximum absolute atomic E-state index is 5.76. The summed E-state index contributed by atoms with van der Waals surface area (Å²) in [6.45, 7) is 1.06. The van der Waals surface area contributed by atoms with Crippen LogP contribution >= 0.6 is 12.2 Å². The van der Waals surface area contributed by atoms with Crippen LogP contribution < -0.4 is 25.0 Å². The van der Waals surface area contributed by atoms with E-state index in [4.69, 9.17) is 31.5 Å². The van der Waals surface area contributed by atoms with Gasteiger partial charge in [-0.1, -0.05) is 30.3 Å². The fraction of sp³-hybridized carbons (Fsp3) is 0.115. The van der Waals surface area contributed by atoms with Gasteiger partial charge in [0.15, 0.2) is 16.6 Å². The second kappa shape index (κ2) is 10.3. The molecule has 0 bridgehead atoms. The van der Waals surface area contributed by atoms with Gasteiger partial charge in [0.1, 0.15) is 24.7 Å². The first kappa shape index (κ1) is 22.4. The molecular formula is C26H23N5O3S. The highest BCUT2D eigenvalue weighted by molar-refractivity contribution is 7.80. The highest BCUT2D eigenvalue weighted by atomic mass is 32.1. The van der Waals surface area contributed by atoms with Crippen molar-refractivity contribution in [1.82, 2.24) is 15.2 Å². The van der Waals surface area contributed by atoms with Gasteiger partial charge in [0.05, 0.1) is 24.7 Å². The van der Waals surface area contributed by atoms with Crippen molar-refractivity contribution >= 4 is 29.2 Å². The Morgan fingerprint density at radius 1 is 1.03 bits per heavy atom. The van der Waals surface area contributed by atoms with Crippen molar-refractivity contribution in [2.45, 2.75) is 0 Å². The summed E-state index contributed by atoms with van der Waals surface area (Å²) in [6.07, 6.45) is 3.61. The highest BCUT2D eigenvalue weighted by Gasteiger charge is 2.16. The molecule has 0 spiro atoms. The van der Waals surface area contributed by atoms with E-state index in [9.17, 15) is 0 Å². The molecule has 0 fully saturated rings. The lowest BCUT2D eigenvalue weighted by Gasteiger charge is -2.18. The van der Waals surface area contributed by atoms with Crippen molar-refractivity contribution in [2.24, 2.45) is 5.10 Å². The van der Waals surface area contributed by atoms with E-state index in [1.54, 1.807) is 13.3 Å². The number of nitrogens with zero attached hydrogens (tertiary/aromatic N) is 3. The van der Waals surface area contributed by atoms with Crippen LogP contribution in [0.25, 0.3) is 16.9 Å². The fourth-order valence-electron chi connectivity index (χ4n) is 3.67. The zero-order valence-electron chi connectivity index (χ0n) is 19.0. The van der Waals surface area contributed by atoms with Crippen LogP contribution in [-0.4, -0.2) is 41.4 Å². The first-order valence-corrected chi connectivity index (χ1v) is 11.4. The Hall–Kier alpha value is -4.37. The number of hydrazone groups is 1. The van der Waals surface area contributed by atoms with Gasteiger partial charge in [0, 0.05) is 17.3 Å². The van der Waals surface area contributed by atoms with Crippen LogP contribution in [0.1, 0.15) is 5.56 Å². The fourth-order valence-corrected chi connectivity index (χ4v) is 3.83. The van der Waals surface area contributed by atoms with E-state index in [2.05, 4.69) is 15.8 Å². The van der Waals surface area contributed by atoms with Gasteiger partial charge in [-0.2, -0.15) is 10.2 Å². The van der Waals surface area contributed by atoms with Crippen molar-refractivity contribution in [3.05, 3.63) is 84.6 Å². The van der Waals surface area contributed by atoms with E-state index in [0.29, 0.717) is 29.8 Å². The van der Waals surface area contributed by atoms with Gasteiger partial charge in [-0.15, -0.1) is 0 Å². The Morgan fingerprint density at radius 2 is 1.80 bits per heavy atom. The summed E-state index contributed by atoms with van der Waals surface area (Å²) in [5.41, 5.74) is 6.99. The number of aromatic nitrogens is 2. The van der Waals surface area contributed by atoms with Gasteiger partial charge in [-0.25, -0.2) is 4.68 Å². The number of fused-ring (bicyclic) bond motifs is 1. The Morgan fingerprint density at radius 3 is 2.63 bits per heavy atom. The zero-order chi connectivity index (χ0) is 24.0. The minimum Gasteiger partial charge on any atom is -0.495 e. The predicted molar refractivity (Wildman–Crippen MR) is 140 cm³/mol. The second-order valence-electron chi connectivity index (χ2n) is 7.60. The van der Waals surface area contributed by atoms with Crippen LogP contribution in [0.5, 0.6) is 17.2 Å². The van der Waals surface area contributed by atoms with E-state index in [1.807, 2.05) is 83.7 Å². The van der Waals surface area contributed by atoms with E-state index in [0.717, 1.165) is 33.9 Å². The first-order valence-electron chi connectivity index (χ1n) is 11.0. The summed E-state index contributed by atoms with van der Waals surface area (Å²) in [5, 5.41) is 12.6. The lowest BCUT2D eigenvalue weighted by molar-refractivity contribution is 0.171. The maximum atomic E-state index is 5.76. The van der Waals surface area contributed by atoms with Crippen molar-refractivity contribution in [3.63, 3.8) is 0 Å². The zero-order valence-corrected chi connectivity index (χ0v) is 19.8. The number of nitrogens with one attached hydrogen (secondary N) is 2. The second-order valence-corrected chi connectivity index (χ2v) is 8.00. The Bertz CT molecular complexity index is 1370. The topological polar surface area (TPSA) is 81.9 Å². The number of para-hydroxylation sites is 3. The minimum atomic E-state index is 0.335. The SMILES string of the molecule is COc1ccccc1NC(=S)N/N=C\c1cn(-c2ccccc2)nc1-c1ccc2c(c1)OCCO2. The number of rotatable bonds is 6. The molecule has 0 atom stereocenters. The number of hydrogen-bond acceptors (Lipinski definition) is 6. The third kappa shape index (κ3) is 5.10. The van der Waals surface area contributed by atoms with Gasteiger partial charge in [0.25, 0.3) is 0 Å². The molecule has 0 amide bonds. The lowest BCUT2D eigenvalue weighted by Crippen LogP contribution is -2.24. The van der Waals surface area contributed by atoms with Crippen molar-refractivity contribution < 1.29 is 14.2 Å². The van der Waals surface area contributed by atoms with Crippen molar-refractivity contribution in [1.29, 1.82) is 0 Å². The van der Waals surface area contributed by atoms with Crippen LogP contribution in [-0.2, 0) is 0 Å². The molecule has 5 rings (SSSR count). The number of benzene rings is 3. The van der Waals surface area contributed by atoms with Gasteiger partial charge in [-0.05, 0) is 54.7 Å². The summed E-state index contributed by atoms with van der Waals surface area (Å²) >= 11 is 5.39. The van der Waals surface area contributed by atoms with E-state index in [-0.39, 0.29) is 0 Å². The third-order valence-electron chi connectivity index (χ3n) is 5.30. The molecule has 2 heterocycles. The summed E-state index contributed by atoms with van der Waals surface area (Å²) in [7, 11) is 1.61. The Labute approximate surface area is 208 Å². The molecule has 2 N–H and O–H groups in total. The van der Waals surface area contributed by atoms with Gasteiger partial charge in [-0.3, -0.25) is 5.43 Å². The summed E-state index contributed by atoms with van der Waals surface area (Å²) in [4.78, 5) is 0. The van der Waals surface area contributed by atoms with Crippen LogP contribution in [0.15, 0.2) is 84.1 Å². The minimum absolute atomic E-state index is 0.335. The largest absolute Gasteiger partial charge is 0.495 e. The molecule has 1 aromatic heterocycles. The number of hydrogen-bond donors (Lipinski definition) is 2. The molecular weight excluding hydrogens is 462 g/mol. The van der Waals surface area contributed by atoms with Crippen LogP contribution in [0.2, 0.25) is 0 Å². The summed E-state index contributed by atoms with van der Waals surface area (Å²) < 4.78 is 18.6. The molecule has 9 heteroatoms. The molecule has 176 valence electrons. The quantitative estimate of drug-likeness (QED) is 0.234.